The number of hydrogen-bond donors (Lipinski definition) is 2. The number of alkyl halides is 3. The van der Waals surface area contributed by atoms with Crippen molar-refractivity contribution in [3.05, 3.63) is 61.7 Å². The molecule has 0 radical (unpaired) electrons. The summed E-state index contributed by atoms with van der Waals surface area (Å²) in [5, 5.41) is 21.3. The zero-order chi connectivity index (χ0) is 29.8. The number of carbonyl (C=O) groups is 2. The van der Waals surface area contributed by atoms with Gasteiger partial charge in [0.2, 0.25) is 6.10 Å². The Bertz CT molecular complexity index is 1750. The van der Waals surface area contributed by atoms with Crippen molar-refractivity contribution in [1.82, 2.24) is 14.5 Å². The maximum absolute atomic E-state index is 15.0. The van der Waals surface area contributed by atoms with Crippen molar-refractivity contribution in [2.75, 3.05) is 7.05 Å². The van der Waals surface area contributed by atoms with Gasteiger partial charge in [-0.15, -0.1) is 0 Å². The van der Waals surface area contributed by atoms with Gasteiger partial charge in [0.25, 0.3) is 11.5 Å². The number of likely N-dealkylation sites (N-methyl/N-ethyl adjacent to an activating group) is 1. The zero-order valence-electron chi connectivity index (χ0n) is 22.2. The highest BCUT2D eigenvalue weighted by Crippen LogP contribution is 2.47. The smallest absolute Gasteiger partial charge is 0.423 e. The van der Waals surface area contributed by atoms with Gasteiger partial charge in [0, 0.05) is 29.6 Å². The van der Waals surface area contributed by atoms with Crippen LogP contribution in [0.4, 0.5) is 17.6 Å². The number of ether oxygens (including phenoxy) is 1. The number of carbonyl (C=O) groups excluding carboxylic acids is 2. The van der Waals surface area contributed by atoms with Crippen molar-refractivity contribution >= 4 is 22.8 Å². The summed E-state index contributed by atoms with van der Waals surface area (Å²) in [5.74, 6) is -2.98. The van der Waals surface area contributed by atoms with Gasteiger partial charge in [0.15, 0.2) is 5.60 Å². The van der Waals surface area contributed by atoms with Gasteiger partial charge < -0.3 is 24.4 Å². The average molecular weight is 576 g/mol. The Hall–Kier alpha value is -3.84. The second kappa shape index (κ2) is 8.83. The van der Waals surface area contributed by atoms with Crippen molar-refractivity contribution in [2.24, 2.45) is 0 Å². The standard InChI is InChI=1S/C28H25F4N3O6/c1-4-27(40)15-7-19-22-13(9-35(19)24(37)14(15)10-41-26(27)39)21-18(34(3)25(38)23(36)28(30,31)32)6-5-12-11(2)16(29)8-17(33-22)20(12)21/h7-8,18,23,36,40H,4-6,9-10H2,1-3H3/t18-,23?,27+/m1/s1. The number of rotatable bonds is 3. The number of halogens is 4. The number of esters is 1. The van der Waals surface area contributed by atoms with Crippen LogP contribution < -0.4 is 5.56 Å². The lowest BCUT2D eigenvalue weighted by Gasteiger charge is -2.36. The van der Waals surface area contributed by atoms with E-state index in [9.17, 15) is 42.2 Å². The van der Waals surface area contributed by atoms with Gasteiger partial charge in [-0.1, -0.05) is 6.92 Å². The van der Waals surface area contributed by atoms with Crippen LogP contribution in [-0.4, -0.2) is 55.9 Å². The first kappa shape index (κ1) is 27.3. The lowest BCUT2D eigenvalue weighted by atomic mass is 9.81. The predicted molar refractivity (Wildman–Crippen MR) is 135 cm³/mol. The Morgan fingerprint density at radius 1 is 1.27 bits per heavy atom. The van der Waals surface area contributed by atoms with Crippen molar-refractivity contribution in [3.8, 4) is 11.4 Å². The fraction of sp³-hybridized carbons (Fsp3) is 0.429. The molecule has 4 heterocycles. The highest BCUT2D eigenvalue weighted by atomic mass is 19.4. The molecule has 3 aromatic rings. The summed E-state index contributed by atoms with van der Waals surface area (Å²) in [5.41, 5.74) is -0.0115. The molecule has 0 fully saturated rings. The van der Waals surface area contributed by atoms with Crippen LogP contribution in [0.15, 0.2) is 16.9 Å². The Kier molecular flexibility index (Phi) is 5.89. The number of aryl methyl sites for hydroxylation is 1. The molecule has 2 N–H and O–H groups in total. The molecule has 2 aliphatic heterocycles. The van der Waals surface area contributed by atoms with E-state index in [1.165, 1.54) is 23.7 Å². The van der Waals surface area contributed by atoms with Gasteiger partial charge >= 0.3 is 12.1 Å². The third-order valence-electron chi connectivity index (χ3n) is 8.71. The number of amides is 1. The Labute approximate surface area is 230 Å². The Morgan fingerprint density at radius 3 is 2.63 bits per heavy atom. The third kappa shape index (κ3) is 3.67. The lowest BCUT2D eigenvalue weighted by Crippen LogP contribution is -2.46. The first-order valence-electron chi connectivity index (χ1n) is 13.0. The maximum Gasteiger partial charge on any atom is 0.423 e. The number of aliphatic hydroxyl groups excluding tert-OH is 1. The van der Waals surface area contributed by atoms with Gasteiger partial charge in [-0.3, -0.25) is 9.59 Å². The molecule has 0 saturated heterocycles. The highest BCUT2D eigenvalue weighted by Gasteiger charge is 2.48. The third-order valence-corrected chi connectivity index (χ3v) is 8.71. The minimum atomic E-state index is -5.18. The number of aliphatic hydroxyl groups is 2. The first-order chi connectivity index (χ1) is 19.2. The van der Waals surface area contributed by atoms with Crippen LogP contribution in [0.1, 0.15) is 59.2 Å². The molecule has 2 aromatic heterocycles. The second-order valence-electron chi connectivity index (χ2n) is 10.8. The summed E-state index contributed by atoms with van der Waals surface area (Å²) in [7, 11) is 1.17. The summed E-state index contributed by atoms with van der Waals surface area (Å²) >= 11 is 0. The summed E-state index contributed by atoms with van der Waals surface area (Å²) in [6, 6.07) is 1.73. The number of fused-ring (bicyclic) bond motifs is 5. The van der Waals surface area contributed by atoms with Gasteiger partial charge in [-0.05, 0) is 48.9 Å². The van der Waals surface area contributed by atoms with Gasteiger partial charge in [0.05, 0.1) is 35.1 Å². The van der Waals surface area contributed by atoms with E-state index in [0.29, 0.717) is 27.6 Å². The van der Waals surface area contributed by atoms with Gasteiger partial charge in [-0.25, -0.2) is 14.2 Å². The van der Waals surface area contributed by atoms with Crippen molar-refractivity contribution < 1.29 is 42.1 Å². The molecule has 0 spiro atoms. The molecule has 0 bridgehead atoms. The number of hydrogen-bond acceptors (Lipinski definition) is 7. The fourth-order valence-corrected chi connectivity index (χ4v) is 6.40. The monoisotopic (exact) mass is 575 g/mol. The van der Waals surface area contributed by atoms with Gasteiger partial charge in [-0.2, -0.15) is 13.2 Å². The zero-order valence-corrected chi connectivity index (χ0v) is 22.2. The molecular formula is C28H25F4N3O6. The van der Waals surface area contributed by atoms with Crippen LogP contribution in [0, 0.1) is 12.7 Å². The summed E-state index contributed by atoms with van der Waals surface area (Å²) in [6.45, 7) is 2.73. The van der Waals surface area contributed by atoms with E-state index in [4.69, 9.17) is 4.74 Å². The number of benzene rings is 1. The Morgan fingerprint density at radius 2 is 1.98 bits per heavy atom. The molecule has 3 aliphatic rings. The molecule has 1 aromatic carbocycles. The van der Waals surface area contributed by atoms with E-state index in [-0.39, 0.29) is 60.4 Å². The topological polar surface area (TPSA) is 122 Å². The summed E-state index contributed by atoms with van der Waals surface area (Å²) in [4.78, 5) is 44.4. The summed E-state index contributed by atoms with van der Waals surface area (Å²) in [6.07, 6.45) is -8.11. The second-order valence-corrected chi connectivity index (χ2v) is 10.8. The number of aromatic nitrogens is 2. The maximum atomic E-state index is 15.0. The molecule has 0 saturated carbocycles. The summed E-state index contributed by atoms with van der Waals surface area (Å²) < 4.78 is 61.2. The first-order valence-corrected chi connectivity index (χ1v) is 13.0. The van der Waals surface area contributed by atoms with Crippen LogP contribution in [0.25, 0.3) is 22.3 Å². The van der Waals surface area contributed by atoms with E-state index in [2.05, 4.69) is 4.98 Å². The molecule has 1 amide bonds. The van der Waals surface area contributed by atoms with Gasteiger partial charge in [0.1, 0.15) is 12.4 Å². The largest absolute Gasteiger partial charge is 0.458 e. The lowest BCUT2D eigenvalue weighted by molar-refractivity contribution is -0.211. The average Bonchev–Trinajstić information content (AvgIpc) is 3.30. The quantitative estimate of drug-likeness (QED) is 0.285. The predicted octanol–water partition coefficient (Wildman–Crippen LogP) is 2.90. The number of cyclic esters (lactones) is 1. The highest BCUT2D eigenvalue weighted by molar-refractivity contribution is 5.94. The van der Waals surface area contributed by atoms with Crippen LogP contribution in [0.5, 0.6) is 0 Å². The van der Waals surface area contributed by atoms with Crippen LogP contribution in [0.3, 0.4) is 0 Å². The van der Waals surface area contributed by atoms with Crippen LogP contribution in [-0.2, 0) is 39.5 Å². The molecule has 3 atom stereocenters. The van der Waals surface area contributed by atoms with Crippen molar-refractivity contribution in [1.29, 1.82) is 0 Å². The molecule has 1 unspecified atom stereocenters. The molecule has 9 nitrogen and oxygen atoms in total. The SMILES string of the molecule is CC[C@@]1(O)C(=O)OCc2c1cc1n(c2=O)Cc2c-1nc1cc(F)c(C)c3c1c2[C@H](N(C)C(=O)C(O)C(F)(F)F)CC3. The van der Waals surface area contributed by atoms with E-state index in [0.717, 1.165) is 4.90 Å². The Balaban J connectivity index is 1.62. The van der Waals surface area contributed by atoms with Crippen LogP contribution in [0.2, 0.25) is 0 Å². The number of nitrogens with zero attached hydrogens (tertiary/aromatic N) is 3. The molecule has 216 valence electrons. The molecule has 41 heavy (non-hydrogen) atoms. The minimum absolute atomic E-state index is 0.0657. The van der Waals surface area contributed by atoms with E-state index >= 15 is 0 Å². The van der Waals surface area contributed by atoms with Crippen LogP contribution >= 0.6 is 0 Å². The molecule has 6 rings (SSSR count). The molecule has 1 aliphatic carbocycles. The van der Waals surface area contributed by atoms with E-state index in [1.807, 2.05) is 0 Å². The van der Waals surface area contributed by atoms with Crippen molar-refractivity contribution in [3.63, 3.8) is 0 Å². The molecule has 13 heteroatoms. The number of pyridine rings is 2. The normalized spacial score (nSPS) is 21.7. The van der Waals surface area contributed by atoms with E-state index in [1.54, 1.807) is 13.8 Å². The fourth-order valence-electron chi connectivity index (χ4n) is 6.40. The molecular weight excluding hydrogens is 550 g/mol. The van der Waals surface area contributed by atoms with E-state index < -0.39 is 47.2 Å². The minimum Gasteiger partial charge on any atom is -0.458 e. The van der Waals surface area contributed by atoms with Crippen molar-refractivity contribution in [2.45, 2.75) is 70.2 Å².